The quantitative estimate of drug-likeness (QED) is 0.582. The first-order chi connectivity index (χ1) is 10.1. The normalized spacial score (nSPS) is 11.2. The van der Waals surface area contributed by atoms with Gasteiger partial charge in [-0.25, -0.2) is 4.98 Å². The number of hydrogen-bond acceptors (Lipinski definition) is 1. The molecular formula is C16H13Cl3N2. The van der Waals surface area contributed by atoms with Crippen molar-refractivity contribution in [3.63, 3.8) is 0 Å². The van der Waals surface area contributed by atoms with E-state index in [2.05, 4.69) is 4.98 Å². The maximum atomic E-state index is 6.37. The third-order valence-electron chi connectivity index (χ3n) is 3.43. The molecule has 0 amide bonds. The second kappa shape index (κ2) is 5.88. The van der Waals surface area contributed by atoms with Crippen LogP contribution in [0.25, 0.3) is 16.7 Å². The van der Waals surface area contributed by atoms with Crippen molar-refractivity contribution in [1.82, 2.24) is 9.55 Å². The van der Waals surface area contributed by atoms with Crippen molar-refractivity contribution >= 4 is 45.8 Å². The largest absolute Gasteiger partial charge is 0.295 e. The molecule has 0 aliphatic heterocycles. The van der Waals surface area contributed by atoms with E-state index in [1.807, 2.05) is 47.9 Å². The number of imidazole rings is 1. The van der Waals surface area contributed by atoms with Crippen LogP contribution in [0.3, 0.4) is 0 Å². The van der Waals surface area contributed by atoms with Gasteiger partial charge in [-0.2, -0.15) is 0 Å². The van der Waals surface area contributed by atoms with Gasteiger partial charge in [0.05, 0.1) is 16.1 Å². The minimum Gasteiger partial charge on any atom is -0.295 e. The summed E-state index contributed by atoms with van der Waals surface area (Å²) >= 11 is 18.5. The number of alkyl halides is 1. The molecule has 108 valence electrons. The molecule has 3 aromatic rings. The van der Waals surface area contributed by atoms with Gasteiger partial charge in [0.25, 0.3) is 0 Å². The zero-order valence-corrected chi connectivity index (χ0v) is 13.7. The molecule has 3 rings (SSSR count). The highest BCUT2D eigenvalue weighted by Crippen LogP contribution is 2.30. The van der Waals surface area contributed by atoms with Crippen LogP contribution in [0, 0.1) is 6.92 Å². The Balaban J connectivity index is 2.32. The molecule has 1 heterocycles. The van der Waals surface area contributed by atoms with Crippen molar-refractivity contribution in [1.29, 1.82) is 0 Å². The van der Waals surface area contributed by atoms with Crippen LogP contribution in [0.15, 0.2) is 36.4 Å². The number of aryl methyl sites for hydroxylation is 2. The van der Waals surface area contributed by atoms with E-state index in [0.29, 0.717) is 17.3 Å². The first-order valence-corrected chi connectivity index (χ1v) is 7.89. The van der Waals surface area contributed by atoms with E-state index in [-0.39, 0.29) is 0 Å². The summed E-state index contributed by atoms with van der Waals surface area (Å²) in [5, 5.41) is 1.38. The third kappa shape index (κ3) is 2.64. The van der Waals surface area contributed by atoms with Crippen LogP contribution in [0.5, 0.6) is 0 Å². The molecule has 0 aliphatic carbocycles. The Morgan fingerprint density at radius 3 is 2.62 bits per heavy atom. The molecule has 0 radical (unpaired) electrons. The Kier molecular flexibility index (Phi) is 4.12. The molecule has 1 aromatic heterocycles. The van der Waals surface area contributed by atoms with Crippen molar-refractivity contribution in [2.45, 2.75) is 13.3 Å². The number of rotatable bonds is 3. The van der Waals surface area contributed by atoms with Gasteiger partial charge in [0.15, 0.2) is 0 Å². The summed E-state index contributed by atoms with van der Waals surface area (Å²) in [5.41, 5.74) is 3.73. The van der Waals surface area contributed by atoms with E-state index in [9.17, 15) is 0 Å². The number of nitrogens with zero attached hydrogens (tertiary/aromatic N) is 2. The monoisotopic (exact) mass is 338 g/mol. The Bertz CT molecular complexity index is 809. The number of benzene rings is 2. The molecule has 0 aliphatic rings. The first kappa shape index (κ1) is 14.7. The van der Waals surface area contributed by atoms with Gasteiger partial charge in [0.2, 0.25) is 0 Å². The van der Waals surface area contributed by atoms with E-state index in [0.717, 1.165) is 33.1 Å². The fraction of sp³-hybridized carbons (Fsp3) is 0.188. The molecule has 0 bridgehead atoms. The number of aromatic nitrogens is 2. The maximum Gasteiger partial charge on any atom is 0.115 e. The van der Waals surface area contributed by atoms with E-state index in [4.69, 9.17) is 34.8 Å². The third-order valence-corrected chi connectivity index (χ3v) is 4.33. The average Bonchev–Trinajstić information content (AvgIpc) is 2.82. The van der Waals surface area contributed by atoms with Crippen molar-refractivity contribution < 1.29 is 0 Å². The minimum absolute atomic E-state index is 0.501. The van der Waals surface area contributed by atoms with Crippen molar-refractivity contribution in [2.75, 3.05) is 5.88 Å². The maximum absolute atomic E-state index is 6.37. The van der Waals surface area contributed by atoms with Crippen molar-refractivity contribution in [2.24, 2.45) is 0 Å². The Morgan fingerprint density at radius 2 is 1.90 bits per heavy atom. The minimum atomic E-state index is 0.501. The summed E-state index contributed by atoms with van der Waals surface area (Å²) in [5.74, 6) is 1.38. The molecule has 0 saturated carbocycles. The smallest absolute Gasteiger partial charge is 0.115 e. The van der Waals surface area contributed by atoms with Crippen LogP contribution >= 0.6 is 34.8 Å². The van der Waals surface area contributed by atoms with E-state index in [1.165, 1.54) is 0 Å². The first-order valence-electron chi connectivity index (χ1n) is 6.60. The summed E-state index contributed by atoms with van der Waals surface area (Å²) in [6.07, 6.45) is 0.665. The Hall–Kier alpha value is -1.22. The highest BCUT2D eigenvalue weighted by molar-refractivity contribution is 6.35. The lowest BCUT2D eigenvalue weighted by molar-refractivity contribution is 0.912. The number of para-hydroxylation sites is 1. The van der Waals surface area contributed by atoms with Gasteiger partial charge in [-0.1, -0.05) is 35.3 Å². The van der Waals surface area contributed by atoms with Crippen LogP contribution < -0.4 is 0 Å². The van der Waals surface area contributed by atoms with E-state index in [1.54, 1.807) is 0 Å². The zero-order chi connectivity index (χ0) is 15.0. The summed E-state index contributed by atoms with van der Waals surface area (Å²) < 4.78 is 2.03. The Morgan fingerprint density at radius 1 is 1.10 bits per heavy atom. The van der Waals surface area contributed by atoms with Gasteiger partial charge in [-0.05, 0) is 36.8 Å². The highest BCUT2D eigenvalue weighted by atomic mass is 35.5. The molecule has 2 aromatic carbocycles. The number of halogens is 3. The zero-order valence-electron chi connectivity index (χ0n) is 11.4. The van der Waals surface area contributed by atoms with Crippen LogP contribution in [-0.4, -0.2) is 15.4 Å². The second-order valence-electron chi connectivity index (χ2n) is 4.84. The van der Waals surface area contributed by atoms with Crippen molar-refractivity contribution in [3.05, 3.63) is 57.8 Å². The van der Waals surface area contributed by atoms with E-state index >= 15 is 0 Å². The standard InChI is InChI=1S/C16H13Cl3N2/c1-10-5-6-11(9-13(10)19)21-15(7-8-17)20-14-4-2-3-12(18)16(14)21/h2-6,9H,7-8H2,1H3. The van der Waals surface area contributed by atoms with Gasteiger partial charge in [0, 0.05) is 23.0 Å². The van der Waals surface area contributed by atoms with Crippen LogP contribution in [0.4, 0.5) is 0 Å². The van der Waals surface area contributed by atoms with Gasteiger partial charge < -0.3 is 0 Å². The highest BCUT2D eigenvalue weighted by Gasteiger charge is 2.15. The summed E-state index contributed by atoms with van der Waals surface area (Å²) in [6, 6.07) is 11.6. The van der Waals surface area contributed by atoms with Gasteiger partial charge >= 0.3 is 0 Å². The molecular weight excluding hydrogens is 327 g/mol. The lowest BCUT2D eigenvalue weighted by Crippen LogP contribution is -2.02. The van der Waals surface area contributed by atoms with Crippen molar-refractivity contribution in [3.8, 4) is 5.69 Å². The summed E-state index contributed by atoms with van der Waals surface area (Å²) in [7, 11) is 0. The Labute approximate surface area is 138 Å². The predicted molar refractivity (Wildman–Crippen MR) is 90.3 cm³/mol. The SMILES string of the molecule is Cc1ccc(-n2c(CCCl)nc3cccc(Cl)c32)cc1Cl. The van der Waals surface area contributed by atoms with Gasteiger partial charge in [-0.3, -0.25) is 4.57 Å². The lowest BCUT2D eigenvalue weighted by Gasteiger charge is -2.11. The average molecular weight is 340 g/mol. The summed E-state index contributed by atoms with van der Waals surface area (Å²) in [6.45, 7) is 1.98. The molecule has 0 N–H and O–H groups in total. The molecule has 2 nitrogen and oxygen atoms in total. The van der Waals surface area contributed by atoms with E-state index < -0.39 is 0 Å². The molecule has 0 spiro atoms. The van der Waals surface area contributed by atoms with Crippen LogP contribution in [0.1, 0.15) is 11.4 Å². The fourth-order valence-electron chi connectivity index (χ4n) is 2.38. The molecule has 0 atom stereocenters. The van der Waals surface area contributed by atoms with Crippen LogP contribution in [-0.2, 0) is 6.42 Å². The molecule has 0 saturated heterocycles. The number of fused-ring (bicyclic) bond motifs is 1. The van der Waals surface area contributed by atoms with Crippen LogP contribution in [0.2, 0.25) is 10.0 Å². The fourth-order valence-corrected chi connectivity index (χ4v) is 2.98. The summed E-state index contributed by atoms with van der Waals surface area (Å²) in [4.78, 5) is 4.64. The molecule has 0 fully saturated rings. The molecule has 21 heavy (non-hydrogen) atoms. The second-order valence-corrected chi connectivity index (χ2v) is 6.04. The predicted octanol–water partition coefficient (Wildman–Crippen LogP) is 5.42. The van der Waals surface area contributed by atoms with Gasteiger partial charge in [0.1, 0.15) is 5.82 Å². The lowest BCUT2D eigenvalue weighted by atomic mass is 10.2. The molecule has 0 unspecified atom stereocenters. The van der Waals surface area contributed by atoms with Gasteiger partial charge in [-0.15, -0.1) is 11.6 Å². The topological polar surface area (TPSA) is 17.8 Å². The molecule has 5 heteroatoms. The number of hydrogen-bond donors (Lipinski definition) is 0.